The smallest absolute Gasteiger partial charge is 0.344 e. The average molecular weight is 500 g/mol. The van der Waals surface area contributed by atoms with Crippen molar-refractivity contribution in [3.05, 3.63) is 93.9 Å². The van der Waals surface area contributed by atoms with Crippen LogP contribution in [0.3, 0.4) is 0 Å². The lowest BCUT2D eigenvalue weighted by atomic mass is 10.1. The number of nitrogens with zero attached hydrogens (tertiary/aromatic N) is 3. The van der Waals surface area contributed by atoms with Gasteiger partial charge in [0.2, 0.25) is 5.91 Å². The fourth-order valence-electron chi connectivity index (χ4n) is 3.78. The summed E-state index contributed by atoms with van der Waals surface area (Å²) in [6.07, 6.45) is 0. The SMILES string of the molecule is COc1ccc(S(=O)(=O)n2c(=O)n(C(C(=O)N(C)C)c3ccccc3)c3cc(Cl)ccc32)cc1. The molecule has 176 valence electrons. The second-order valence-corrected chi connectivity index (χ2v) is 10.00. The molecule has 34 heavy (non-hydrogen) atoms. The molecular weight excluding hydrogens is 478 g/mol. The molecule has 0 radical (unpaired) electrons. The number of aromatic nitrogens is 2. The Balaban J connectivity index is 2.06. The van der Waals surface area contributed by atoms with Crippen molar-refractivity contribution in [2.45, 2.75) is 10.9 Å². The van der Waals surface area contributed by atoms with E-state index in [0.29, 0.717) is 20.3 Å². The molecule has 4 aromatic rings. The minimum absolute atomic E-state index is 0.0976. The monoisotopic (exact) mass is 499 g/mol. The number of ether oxygens (including phenoxy) is 1. The number of amides is 1. The summed E-state index contributed by atoms with van der Waals surface area (Å²) < 4.78 is 34.2. The van der Waals surface area contributed by atoms with E-state index in [9.17, 15) is 18.0 Å². The molecule has 0 aliphatic rings. The van der Waals surface area contributed by atoms with Gasteiger partial charge in [-0.25, -0.2) is 13.2 Å². The molecule has 1 unspecified atom stereocenters. The molecule has 3 aromatic carbocycles. The second-order valence-electron chi connectivity index (χ2n) is 7.78. The Bertz CT molecular complexity index is 1520. The van der Waals surface area contributed by atoms with Crippen LogP contribution in [-0.4, -0.2) is 49.0 Å². The minimum atomic E-state index is -4.32. The summed E-state index contributed by atoms with van der Waals surface area (Å²) in [6.45, 7) is 0. The number of rotatable bonds is 6. The van der Waals surface area contributed by atoms with Gasteiger partial charge in [0.1, 0.15) is 11.8 Å². The third-order valence-electron chi connectivity index (χ3n) is 5.44. The van der Waals surface area contributed by atoms with Gasteiger partial charge >= 0.3 is 5.69 Å². The van der Waals surface area contributed by atoms with Crippen molar-refractivity contribution in [1.29, 1.82) is 0 Å². The van der Waals surface area contributed by atoms with Crippen molar-refractivity contribution >= 4 is 38.6 Å². The highest BCUT2D eigenvalue weighted by Crippen LogP contribution is 2.29. The zero-order valence-corrected chi connectivity index (χ0v) is 20.2. The van der Waals surface area contributed by atoms with Crippen LogP contribution in [0.4, 0.5) is 0 Å². The number of methoxy groups -OCH3 is 1. The van der Waals surface area contributed by atoms with Gasteiger partial charge in [-0.3, -0.25) is 9.36 Å². The summed E-state index contributed by atoms with van der Waals surface area (Å²) in [6, 6.07) is 17.8. The van der Waals surface area contributed by atoms with Crippen LogP contribution in [0.15, 0.2) is 82.5 Å². The number of hydrogen-bond donors (Lipinski definition) is 0. The Morgan fingerprint density at radius 2 is 1.62 bits per heavy atom. The maximum absolute atomic E-state index is 13.8. The molecule has 0 fully saturated rings. The van der Waals surface area contributed by atoms with Crippen molar-refractivity contribution in [3.63, 3.8) is 0 Å². The molecule has 1 heterocycles. The van der Waals surface area contributed by atoms with Gasteiger partial charge in [-0.15, -0.1) is 0 Å². The highest BCUT2D eigenvalue weighted by atomic mass is 35.5. The quantitative estimate of drug-likeness (QED) is 0.405. The lowest BCUT2D eigenvalue weighted by Crippen LogP contribution is -2.39. The van der Waals surface area contributed by atoms with Gasteiger partial charge < -0.3 is 9.64 Å². The first kappa shape index (κ1) is 23.6. The van der Waals surface area contributed by atoms with Crippen LogP contribution in [0.1, 0.15) is 11.6 Å². The normalized spacial score (nSPS) is 12.5. The highest BCUT2D eigenvalue weighted by molar-refractivity contribution is 7.90. The fourth-order valence-corrected chi connectivity index (χ4v) is 5.35. The third-order valence-corrected chi connectivity index (χ3v) is 7.38. The van der Waals surface area contributed by atoms with E-state index < -0.39 is 27.7 Å². The standard InChI is InChI=1S/C24H22ClN3O5S/c1-26(2)23(29)22(16-7-5-4-6-8-16)27-21-15-17(25)9-14-20(21)28(24(27)30)34(31,32)19-12-10-18(33-3)11-13-19/h4-15,22H,1-3H3. The molecular formula is C24H22ClN3O5S. The molecule has 4 rings (SSSR count). The molecule has 8 nitrogen and oxygen atoms in total. The molecule has 1 aromatic heterocycles. The van der Waals surface area contributed by atoms with Gasteiger partial charge in [0.25, 0.3) is 10.0 Å². The van der Waals surface area contributed by atoms with E-state index in [4.69, 9.17) is 16.3 Å². The third kappa shape index (κ3) is 3.97. The van der Waals surface area contributed by atoms with Gasteiger partial charge in [-0.05, 0) is 48.0 Å². The number of likely N-dealkylation sites (N-methyl/N-ethyl adjacent to an activating group) is 1. The fraction of sp³-hybridized carbons (Fsp3) is 0.167. The van der Waals surface area contributed by atoms with Crippen molar-refractivity contribution in [3.8, 4) is 5.75 Å². The molecule has 0 N–H and O–H groups in total. The number of imidazole rings is 1. The number of halogens is 1. The first-order valence-corrected chi connectivity index (χ1v) is 12.1. The first-order valence-electron chi connectivity index (χ1n) is 10.2. The highest BCUT2D eigenvalue weighted by Gasteiger charge is 2.33. The number of benzene rings is 3. The summed E-state index contributed by atoms with van der Waals surface area (Å²) in [4.78, 5) is 28.3. The number of carbonyl (C=O) groups is 1. The number of fused-ring (bicyclic) bond motifs is 1. The molecule has 0 saturated carbocycles. The summed E-state index contributed by atoms with van der Waals surface area (Å²) >= 11 is 6.23. The topological polar surface area (TPSA) is 90.6 Å². The molecule has 1 atom stereocenters. The van der Waals surface area contributed by atoms with E-state index in [2.05, 4.69) is 0 Å². The van der Waals surface area contributed by atoms with Crippen molar-refractivity contribution in [2.75, 3.05) is 21.2 Å². The van der Waals surface area contributed by atoms with E-state index in [0.717, 1.165) is 0 Å². The van der Waals surface area contributed by atoms with E-state index >= 15 is 0 Å². The molecule has 0 saturated heterocycles. The molecule has 0 aliphatic heterocycles. The molecule has 1 amide bonds. The van der Waals surface area contributed by atoms with Crippen LogP contribution >= 0.6 is 11.6 Å². The van der Waals surface area contributed by atoms with Crippen molar-refractivity contribution < 1.29 is 17.9 Å². The van der Waals surface area contributed by atoms with E-state index in [1.54, 1.807) is 44.4 Å². The zero-order chi connectivity index (χ0) is 24.6. The first-order chi connectivity index (χ1) is 16.2. The van der Waals surface area contributed by atoms with E-state index in [1.165, 1.54) is 59.0 Å². The van der Waals surface area contributed by atoms with Crippen molar-refractivity contribution in [1.82, 2.24) is 13.4 Å². The van der Waals surface area contributed by atoms with Crippen LogP contribution in [0, 0.1) is 0 Å². The Labute approximate surface area is 201 Å². The number of hydrogen-bond acceptors (Lipinski definition) is 5. The predicted octanol–water partition coefficient (Wildman–Crippen LogP) is 3.38. The Hall–Kier alpha value is -3.56. The van der Waals surface area contributed by atoms with Crippen molar-refractivity contribution in [2.24, 2.45) is 0 Å². The molecule has 0 bridgehead atoms. The van der Waals surface area contributed by atoms with Crippen LogP contribution in [0.25, 0.3) is 11.0 Å². The van der Waals surface area contributed by atoms with Crippen LogP contribution in [0.2, 0.25) is 5.02 Å². The predicted molar refractivity (Wildman–Crippen MR) is 130 cm³/mol. The maximum atomic E-state index is 13.8. The lowest BCUT2D eigenvalue weighted by Gasteiger charge is -2.22. The maximum Gasteiger partial charge on any atom is 0.344 e. The van der Waals surface area contributed by atoms with Gasteiger partial charge in [0.05, 0.1) is 23.0 Å². The average Bonchev–Trinajstić information content (AvgIpc) is 3.11. The summed E-state index contributed by atoms with van der Waals surface area (Å²) in [5.41, 5.74) is -0.0161. The number of carbonyl (C=O) groups excluding carboxylic acids is 1. The molecule has 0 aliphatic carbocycles. The van der Waals surface area contributed by atoms with Crippen LogP contribution < -0.4 is 10.4 Å². The second kappa shape index (κ2) is 9.00. The summed E-state index contributed by atoms with van der Waals surface area (Å²) in [7, 11) is 0.300. The van der Waals surface area contributed by atoms with Gasteiger partial charge in [-0.1, -0.05) is 41.9 Å². The van der Waals surface area contributed by atoms with Gasteiger partial charge in [0, 0.05) is 19.1 Å². The minimum Gasteiger partial charge on any atom is -0.497 e. The molecule has 0 spiro atoms. The van der Waals surface area contributed by atoms with Gasteiger partial charge in [-0.2, -0.15) is 3.97 Å². The zero-order valence-electron chi connectivity index (χ0n) is 18.7. The Morgan fingerprint density at radius 3 is 2.21 bits per heavy atom. The Kier molecular flexibility index (Phi) is 6.24. The largest absolute Gasteiger partial charge is 0.497 e. The van der Waals surface area contributed by atoms with E-state index in [-0.39, 0.29) is 15.9 Å². The van der Waals surface area contributed by atoms with Crippen LogP contribution in [-0.2, 0) is 14.8 Å². The summed E-state index contributed by atoms with van der Waals surface area (Å²) in [5.74, 6) is 0.0791. The lowest BCUT2D eigenvalue weighted by molar-refractivity contribution is -0.131. The molecule has 10 heteroatoms. The van der Waals surface area contributed by atoms with Gasteiger partial charge in [0.15, 0.2) is 0 Å². The van der Waals surface area contributed by atoms with E-state index in [1.807, 2.05) is 0 Å². The van der Waals surface area contributed by atoms with Crippen LogP contribution in [0.5, 0.6) is 5.75 Å². The Morgan fingerprint density at radius 1 is 0.971 bits per heavy atom. The summed E-state index contributed by atoms with van der Waals surface area (Å²) in [5, 5.41) is 0.296.